The monoisotopic (exact) mass is 1830 g/mol. The minimum atomic E-state index is -0.244. The number of benzene rings is 18. The minimum absolute atomic E-state index is 0. The molecular formula is C127H118B3ClF2N6. The molecule has 22 rings (SSSR count). The maximum atomic E-state index is 15.4. The lowest BCUT2D eigenvalue weighted by atomic mass is 9.34. The van der Waals surface area contributed by atoms with Crippen LogP contribution in [-0.2, 0) is 0 Å². The van der Waals surface area contributed by atoms with Crippen LogP contribution in [-0.4, -0.2) is 33.8 Å². The Labute approximate surface area is 824 Å². The molecule has 686 valence electrons. The highest BCUT2D eigenvalue weighted by Gasteiger charge is 2.35. The molecule has 12 heteroatoms. The van der Waals surface area contributed by atoms with Crippen LogP contribution in [0.3, 0.4) is 0 Å². The summed E-state index contributed by atoms with van der Waals surface area (Å²) in [5.41, 5.74) is 56.9. The molecule has 18 aromatic carbocycles. The van der Waals surface area contributed by atoms with Gasteiger partial charge in [-0.15, -0.1) is 0 Å². The van der Waals surface area contributed by atoms with Gasteiger partial charge in [-0.1, -0.05) is 405 Å². The van der Waals surface area contributed by atoms with Gasteiger partial charge in [0.25, 0.3) is 0 Å². The molecule has 0 aliphatic carbocycles. The number of halogens is 3. The fourth-order valence-electron chi connectivity index (χ4n) is 23.3. The fraction of sp³-hybridized carbons (Fsp3) is 0.150. The van der Waals surface area contributed by atoms with Gasteiger partial charge in [-0.3, -0.25) is 0 Å². The van der Waals surface area contributed by atoms with Crippen LogP contribution < -0.4 is 65.1 Å². The molecule has 3 aromatic heterocycles. The highest BCUT2D eigenvalue weighted by atomic mass is 35.5. The van der Waals surface area contributed by atoms with Crippen LogP contribution in [0, 0.1) is 136 Å². The van der Waals surface area contributed by atoms with E-state index in [1.54, 1.807) is 12.1 Å². The number of nitrogens with two attached hydrogens (primary N) is 1. The molecule has 1 aliphatic rings. The second-order valence-corrected chi connectivity index (χ2v) is 38.9. The number of hydrogen-bond donors (Lipinski definition) is 2. The summed E-state index contributed by atoms with van der Waals surface area (Å²) < 4.78 is 36.3. The molecule has 6 nitrogen and oxygen atoms in total. The first-order valence-corrected chi connectivity index (χ1v) is 48.4. The van der Waals surface area contributed by atoms with Crippen molar-refractivity contribution in [1.29, 1.82) is 0 Å². The average molecular weight is 1830 g/mol. The molecule has 0 radical (unpaired) electrons. The Morgan fingerprint density at radius 1 is 0.252 bits per heavy atom. The number of aryl methyl sites for hydroxylation is 18. The van der Waals surface area contributed by atoms with E-state index in [1.807, 2.05) is 106 Å². The molecule has 0 bridgehead atoms. The van der Waals surface area contributed by atoms with Crippen LogP contribution in [0.25, 0.3) is 82.5 Å². The number of nitrogens with zero attached hydrogens (tertiary/aromatic N) is 4. The van der Waals surface area contributed by atoms with Gasteiger partial charge in [0.05, 0.1) is 72.9 Å². The Morgan fingerprint density at radius 3 is 0.885 bits per heavy atom. The average Bonchev–Trinajstić information content (AvgIpc) is 1.56. The number of para-hydroxylation sites is 12. The Morgan fingerprint density at radius 2 is 0.518 bits per heavy atom. The third kappa shape index (κ3) is 17.7. The molecular weight excluding hydrogens is 1720 g/mol. The zero-order valence-corrected chi connectivity index (χ0v) is 82.9. The number of hydrogen-bond acceptors (Lipinski definition) is 3. The number of nitrogen functional groups attached to an aromatic ring is 1. The third-order valence-electron chi connectivity index (χ3n) is 28.3. The summed E-state index contributed by atoms with van der Waals surface area (Å²) in [6, 6.07) is 121. The van der Waals surface area contributed by atoms with Gasteiger partial charge < -0.3 is 29.7 Å². The van der Waals surface area contributed by atoms with E-state index in [0.717, 1.165) is 60.4 Å². The van der Waals surface area contributed by atoms with Crippen molar-refractivity contribution >= 4 is 180 Å². The molecule has 3 N–H and O–H groups in total. The number of nitrogens with one attached hydrogen (secondary N) is 1. The summed E-state index contributed by atoms with van der Waals surface area (Å²) in [7, 11) is 0. The molecule has 0 atom stereocenters. The lowest BCUT2D eigenvalue weighted by Gasteiger charge is -2.33. The van der Waals surface area contributed by atoms with Crippen molar-refractivity contribution in [3.8, 4) is 17.1 Å². The van der Waals surface area contributed by atoms with Crippen LogP contribution in [0.2, 0.25) is 5.02 Å². The number of fused-ring (bicyclic) bond motifs is 11. The molecule has 0 fully saturated rings. The largest absolute Gasteiger partial charge is 0.397 e. The first-order chi connectivity index (χ1) is 66.6. The van der Waals surface area contributed by atoms with Gasteiger partial charge in [-0.05, 0) is 234 Å². The molecule has 1 aliphatic heterocycles. The van der Waals surface area contributed by atoms with E-state index in [2.05, 4.69) is 364 Å². The Kier molecular flexibility index (Phi) is 26.5. The van der Waals surface area contributed by atoms with Gasteiger partial charge in [0.1, 0.15) is 11.6 Å². The van der Waals surface area contributed by atoms with Crippen molar-refractivity contribution in [1.82, 2.24) is 13.7 Å². The van der Waals surface area contributed by atoms with E-state index >= 15 is 4.39 Å². The van der Waals surface area contributed by atoms with Crippen molar-refractivity contribution in [2.24, 2.45) is 0 Å². The SMILES string of the molecule is C.Cc1cc(C)c(B(c2ccc(Cl)cc2)c2c(C)cc(C)cc2C)c(C)c1.Cc1cc(C)c(B(c2ccc(N3c4ccccc4-n4c5ccccc5c5cccc3c54)cc2)c2c(C)cc(C)cc2C)c(C)c1.Cc1cc(C)c(B(c2ccc(Nc3ccccc3-n3c4ccccc4c4cccc(F)c43)cc2)c2c(C)cc(C)cc2C)c(C)c1.Nc1ccccc1-n1c2ccccc2c2cccc(F)c21. The van der Waals surface area contributed by atoms with Crippen molar-refractivity contribution in [2.75, 3.05) is 16.0 Å². The molecule has 0 spiro atoms. The zero-order valence-electron chi connectivity index (χ0n) is 82.1. The van der Waals surface area contributed by atoms with E-state index in [4.69, 9.17) is 17.3 Å². The van der Waals surface area contributed by atoms with Gasteiger partial charge in [-0.25, -0.2) is 8.78 Å². The number of anilines is 6. The van der Waals surface area contributed by atoms with Crippen LogP contribution in [0.15, 0.2) is 346 Å². The molecule has 0 amide bonds. The van der Waals surface area contributed by atoms with Gasteiger partial charge in [0.15, 0.2) is 0 Å². The molecule has 4 heterocycles. The predicted molar refractivity (Wildman–Crippen MR) is 601 cm³/mol. The highest BCUT2D eigenvalue weighted by molar-refractivity contribution is 6.98. The van der Waals surface area contributed by atoms with Gasteiger partial charge in [0.2, 0.25) is 20.1 Å². The molecule has 0 unspecified atom stereocenters. The van der Waals surface area contributed by atoms with Crippen LogP contribution >= 0.6 is 11.6 Å². The number of aromatic nitrogens is 3. The molecule has 139 heavy (non-hydrogen) atoms. The first kappa shape index (κ1) is 94.5. The summed E-state index contributed by atoms with van der Waals surface area (Å²) >= 11 is 6.18. The highest BCUT2D eigenvalue weighted by Crippen LogP contribution is 2.50. The van der Waals surface area contributed by atoms with E-state index < -0.39 is 0 Å². The summed E-state index contributed by atoms with van der Waals surface area (Å²) in [6.07, 6.45) is 0. The van der Waals surface area contributed by atoms with E-state index in [1.165, 1.54) is 206 Å². The van der Waals surface area contributed by atoms with Gasteiger partial charge >= 0.3 is 0 Å². The van der Waals surface area contributed by atoms with Crippen LogP contribution in [0.4, 0.5) is 42.9 Å². The maximum Gasteiger partial charge on any atom is 0.242 e. The Balaban J connectivity index is 0.000000128. The summed E-state index contributed by atoms with van der Waals surface area (Å²) in [5.74, 6) is -0.478. The first-order valence-electron chi connectivity index (χ1n) is 48.0. The lowest BCUT2D eigenvalue weighted by Crippen LogP contribution is -2.55. The Hall–Kier alpha value is -14.9. The van der Waals surface area contributed by atoms with E-state index in [9.17, 15) is 4.39 Å². The lowest BCUT2D eigenvalue weighted by molar-refractivity contribution is 0.635. The number of rotatable bonds is 14. The molecule has 21 aromatic rings. The standard InChI is InChI=1S/C42H38BFN2.C42H37BN2.C24H26BCl.C18H13FN2.CH4/c1-26-22-28(3)40(29(4)23-26)43(41-30(5)24-27(2)25-31(41)6)32-18-20-33(21-19-32)45-37-15-8-10-17-39(37)46-38-16-9-7-12-34(38)35-13-11-14-36(44)42(35)46;1-26-22-28(3)40(29(4)23-26)43(41-30(5)24-27(2)25-31(41)6)32-18-20-33(21-19-32)44-37-15-9-10-16-38(37)45-36-14-8-7-12-34(36)35-13-11-17-39(44)42(35)45;1-15-11-17(3)23(18(4)12-15)25(21-7-9-22(26)10-8-21)24-19(5)13-16(2)14-20(24)6;19-14-8-5-7-13-12-6-1-3-10-16(12)21(18(13)14)17-11-4-2-9-15(17)20;/h7-25,45H,1-6H3;7-25H,1-6H3;7-14H,1-6H3;1-11H,20H2;1H4. The fourth-order valence-corrected chi connectivity index (χ4v) is 23.4. The van der Waals surface area contributed by atoms with Gasteiger partial charge in [0, 0.05) is 48.7 Å². The van der Waals surface area contributed by atoms with E-state index in [0.29, 0.717) is 16.7 Å². The van der Waals surface area contributed by atoms with Crippen molar-refractivity contribution in [3.63, 3.8) is 0 Å². The summed E-state index contributed by atoms with van der Waals surface area (Å²) in [4.78, 5) is 2.44. The van der Waals surface area contributed by atoms with Crippen molar-refractivity contribution < 1.29 is 8.78 Å². The quantitative estimate of drug-likeness (QED) is 0.0843. The maximum absolute atomic E-state index is 15.4. The molecule has 0 saturated carbocycles. The summed E-state index contributed by atoms with van der Waals surface area (Å²) in [5, 5.41) is 10.9. The summed E-state index contributed by atoms with van der Waals surface area (Å²) in [6.45, 7) is 40.6. The second-order valence-electron chi connectivity index (χ2n) is 38.5. The van der Waals surface area contributed by atoms with Crippen LogP contribution in [0.1, 0.15) is 108 Å². The normalized spacial score (nSPS) is 11.4. The predicted octanol–water partition coefficient (Wildman–Crippen LogP) is 27.8. The minimum Gasteiger partial charge on any atom is -0.397 e. The van der Waals surface area contributed by atoms with Crippen molar-refractivity contribution in [3.05, 3.63) is 463 Å². The third-order valence-corrected chi connectivity index (χ3v) is 28.5. The van der Waals surface area contributed by atoms with Gasteiger partial charge in [-0.2, -0.15) is 0 Å². The molecule has 0 saturated heterocycles. The van der Waals surface area contributed by atoms with E-state index in [-0.39, 0.29) is 39.2 Å². The van der Waals surface area contributed by atoms with Crippen molar-refractivity contribution in [2.45, 2.75) is 132 Å². The zero-order chi connectivity index (χ0) is 96.5. The smallest absolute Gasteiger partial charge is 0.242 e. The second kappa shape index (κ2) is 38.9. The topological polar surface area (TPSA) is 56.1 Å². The Bertz CT molecular complexity index is 8040. The van der Waals surface area contributed by atoms with Crippen LogP contribution in [0.5, 0.6) is 0 Å².